The molecule has 0 aliphatic heterocycles. The summed E-state index contributed by atoms with van der Waals surface area (Å²) in [6.07, 6.45) is 0. The Bertz CT molecular complexity index is 621. The number of rotatable bonds is 2. The van der Waals surface area contributed by atoms with Crippen molar-refractivity contribution in [2.45, 2.75) is 6.92 Å². The van der Waals surface area contributed by atoms with Gasteiger partial charge >= 0.3 is 0 Å². The Hall–Kier alpha value is -2.67. The van der Waals surface area contributed by atoms with Crippen LogP contribution in [0.2, 0.25) is 0 Å². The van der Waals surface area contributed by atoms with Crippen molar-refractivity contribution >= 4 is 22.7 Å². The van der Waals surface area contributed by atoms with Gasteiger partial charge in [0.2, 0.25) is 0 Å². The molecule has 0 aliphatic rings. The zero-order chi connectivity index (χ0) is 13.0. The minimum absolute atomic E-state index is 0.601. The molecule has 0 spiro atoms. The van der Waals surface area contributed by atoms with Crippen LogP contribution in [-0.4, -0.2) is 0 Å². The molecule has 88 valence electrons. The van der Waals surface area contributed by atoms with Crippen molar-refractivity contribution < 1.29 is 0 Å². The lowest BCUT2D eigenvalue weighted by Gasteiger charge is -1.98. The molecule has 0 aromatic heterocycles. The molecule has 0 heterocycles. The summed E-state index contributed by atoms with van der Waals surface area (Å²) >= 11 is 0. The summed E-state index contributed by atoms with van der Waals surface area (Å²) < 4.78 is 0. The molecule has 0 fully saturated rings. The van der Waals surface area contributed by atoms with Crippen LogP contribution in [0.15, 0.2) is 52.7 Å². The topological polar surface area (TPSA) is 55.1 Å². The molecule has 0 aliphatic carbocycles. The lowest BCUT2D eigenvalue weighted by Crippen LogP contribution is -1.80. The molecule has 2 N–H and O–H groups in total. The average molecular weight is 236 g/mol. The quantitative estimate of drug-likeness (QED) is 0.464. The van der Waals surface area contributed by atoms with Crippen molar-refractivity contribution in [3.63, 3.8) is 0 Å². The van der Waals surface area contributed by atoms with Crippen LogP contribution in [0.25, 0.3) is 4.85 Å². The number of hydrogen-bond donors (Lipinski definition) is 1. The molecule has 2 aromatic carbocycles. The summed E-state index contributed by atoms with van der Waals surface area (Å²) in [6.45, 7) is 8.94. The molecule has 18 heavy (non-hydrogen) atoms. The predicted molar refractivity (Wildman–Crippen MR) is 72.5 cm³/mol. The van der Waals surface area contributed by atoms with Crippen LogP contribution in [0.3, 0.4) is 0 Å². The average Bonchev–Trinajstić information content (AvgIpc) is 2.39. The van der Waals surface area contributed by atoms with Crippen LogP contribution in [0.1, 0.15) is 5.56 Å². The highest BCUT2D eigenvalue weighted by Gasteiger charge is 1.98. The van der Waals surface area contributed by atoms with E-state index in [9.17, 15) is 0 Å². The van der Waals surface area contributed by atoms with Crippen molar-refractivity contribution in [2.75, 3.05) is 5.73 Å². The van der Waals surface area contributed by atoms with Crippen LogP contribution in [0.4, 0.5) is 22.7 Å². The largest absolute Gasteiger partial charge is 0.399 e. The first kappa shape index (κ1) is 11.8. The summed E-state index contributed by atoms with van der Waals surface area (Å²) in [5.74, 6) is 0. The Morgan fingerprint density at radius 1 is 1.00 bits per heavy atom. The van der Waals surface area contributed by atoms with Crippen molar-refractivity contribution in [3.8, 4) is 0 Å². The molecule has 0 saturated heterocycles. The van der Waals surface area contributed by atoms with E-state index < -0.39 is 0 Å². The minimum atomic E-state index is 0.601. The molecule has 0 bridgehead atoms. The summed E-state index contributed by atoms with van der Waals surface area (Å²) in [5.41, 5.74) is 9.22. The summed E-state index contributed by atoms with van der Waals surface area (Å²) in [4.78, 5) is 3.43. The summed E-state index contributed by atoms with van der Waals surface area (Å²) in [6, 6.07) is 12.6. The molecule has 4 nitrogen and oxygen atoms in total. The predicted octanol–water partition coefficient (Wildman–Crippen LogP) is 4.54. The van der Waals surface area contributed by atoms with Gasteiger partial charge in [0.1, 0.15) is 0 Å². The SMILES string of the molecule is [C-]#[N+]c1cc(N=Nc2ccc(N)cc2)ccc1C. The van der Waals surface area contributed by atoms with Gasteiger partial charge in [-0.05, 0) is 48.9 Å². The normalized spacial score (nSPS) is 10.4. The fourth-order valence-electron chi connectivity index (χ4n) is 1.44. The van der Waals surface area contributed by atoms with Gasteiger partial charge in [0.05, 0.1) is 17.9 Å². The van der Waals surface area contributed by atoms with Gasteiger partial charge in [-0.25, -0.2) is 4.85 Å². The number of benzene rings is 2. The van der Waals surface area contributed by atoms with E-state index in [1.807, 2.05) is 19.1 Å². The van der Waals surface area contributed by atoms with E-state index in [0.717, 1.165) is 11.3 Å². The number of aryl methyl sites for hydroxylation is 1. The molecule has 0 radical (unpaired) electrons. The van der Waals surface area contributed by atoms with Crippen LogP contribution in [0, 0.1) is 13.5 Å². The lowest BCUT2D eigenvalue weighted by atomic mass is 10.2. The van der Waals surface area contributed by atoms with Gasteiger partial charge in [0.25, 0.3) is 0 Å². The molecular weight excluding hydrogens is 224 g/mol. The monoisotopic (exact) mass is 236 g/mol. The van der Waals surface area contributed by atoms with Gasteiger partial charge in [0, 0.05) is 5.69 Å². The van der Waals surface area contributed by atoms with Crippen LogP contribution in [-0.2, 0) is 0 Å². The highest BCUT2D eigenvalue weighted by atomic mass is 15.1. The van der Waals surface area contributed by atoms with E-state index in [2.05, 4.69) is 15.1 Å². The van der Waals surface area contributed by atoms with Gasteiger partial charge in [-0.1, -0.05) is 6.07 Å². The fourth-order valence-corrected chi connectivity index (χ4v) is 1.44. The maximum absolute atomic E-state index is 7.04. The van der Waals surface area contributed by atoms with Gasteiger partial charge in [-0.2, -0.15) is 10.2 Å². The van der Waals surface area contributed by atoms with E-state index in [1.165, 1.54) is 0 Å². The van der Waals surface area contributed by atoms with E-state index >= 15 is 0 Å². The van der Waals surface area contributed by atoms with Crippen molar-refractivity contribution in [2.24, 2.45) is 10.2 Å². The number of nitrogens with zero attached hydrogens (tertiary/aromatic N) is 3. The molecule has 0 amide bonds. The van der Waals surface area contributed by atoms with Crippen LogP contribution < -0.4 is 5.73 Å². The first-order chi connectivity index (χ1) is 8.69. The second-order valence-corrected chi connectivity index (χ2v) is 3.87. The Labute approximate surface area is 106 Å². The van der Waals surface area contributed by atoms with Gasteiger partial charge < -0.3 is 5.73 Å². The maximum atomic E-state index is 7.04. The first-order valence-corrected chi connectivity index (χ1v) is 5.44. The Balaban J connectivity index is 2.24. The third-order valence-corrected chi connectivity index (χ3v) is 2.49. The van der Waals surface area contributed by atoms with E-state index in [1.54, 1.807) is 30.3 Å². The second-order valence-electron chi connectivity index (χ2n) is 3.87. The van der Waals surface area contributed by atoms with Crippen LogP contribution >= 0.6 is 0 Å². The fraction of sp³-hybridized carbons (Fsp3) is 0.0714. The van der Waals surface area contributed by atoms with E-state index in [0.29, 0.717) is 17.1 Å². The third-order valence-electron chi connectivity index (χ3n) is 2.49. The van der Waals surface area contributed by atoms with Gasteiger partial charge in [-0.3, -0.25) is 0 Å². The number of azo groups is 1. The van der Waals surface area contributed by atoms with Gasteiger partial charge in [0.15, 0.2) is 5.69 Å². The minimum Gasteiger partial charge on any atom is -0.399 e. The van der Waals surface area contributed by atoms with Crippen molar-refractivity contribution in [1.82, 2.24) is 0 Å². The van der Waals surface area contributed by atoms with E-state index in [-0.39, 0.29) is 0 Å². The molecule has 2 aromatic rings. The molecule has 0 atom stereocenters. The molecule has 4 heteroatoms. The first-order valence-electron chi connectivity index (χ1n) is 5.44. The van der Waals surface area contributed by atoms with E-state index in [4.69, 9.17) is 12.3 Å². The number of nitrogens with two attached hydrogens (primary N) is 1. The Morgan fingerprint density at radius 3 is 2.28 bits per heavy atom. The molecular formula is C14H12N4. The molecule has 0 unspecified atom stereocenters. The number of hydrogen-bond acceptors (Lipinski definition) is 3. The standard InChI is InChI=1S/C14H12N4/c1-10-3-6-13(9-14(10)16-2)18-17-12-7-4-11(15)5-8-12/h3-9H,15H2,1H3. The molecule has 0 saturated carbocycles. The molecule has 2 rings (SSSR count). The second kappa shape index (κ2) is 5.11. The highest BCUT2D eigenvalue weighted by Crippen LogP contribution is 2.26. The smallest absolute Gasteiger partial charge is 0.192 e. The number of nitrogen functional groups attached to an aromatic ring is 1. The van der Waals surface area contributed by atoms with Crippen molar-refractivity contribution in [3.05, 3.63) is 59.4 Å². The zero-order valence-corrected chi connectivity index (χ0v) is 9.96. The zero-order valence-electron chi connectivity index (χ0n) is 9.96. The third kappa shape index (κ3) is 2.71. The summed E-state index contributed by atoms with van der Waals surface area (Å²) in [5, 5.41) is 8.19. The Kier molecular flexibility index (Phi) is 3.35. The number of anilines is 1. The van der Waals surface area contributed by atoms with Crippen LogP contribution in [0.5, 0.6) is 0 Å². The maximum Gasteiger partial charge on any atom is 0.192 e. The highest BCUT2D eigenvalue weighted by molar-refractivity contribution is 5.59. The lowest BCUT2D eigenvalue weighted by molar-refractivity contribution is 1.23. The Morgan fingerprint density at radius 2 is 1.61 bits per heavy atom. The van der Waals surface area contributed by atoms with Gasteiger partial charge in [-0.15, -0.1) is 0 Å². The summed E-state index contributed by atoms with van der Waals surface area (Å²) in [7, 11) is 0. The van der Waals surface area contributed by atoms with Crippen molar-refractivity contribution in [1.29, 1.82) is 0 Å².